The topological polar surface area (TPSA) is 52.7 Å². The van der Waals surface area contributed by atoms with Crippen LogP contribution in [0.2, 0.25) is 0 Å². The number of anilines is 2. The van der Waals surface area contributed by atoms with Crippen LogP contribution < -0.4 is 10.2 Å². The Morgan fingerprint density at radius 3 is 2.08 bits per heavy atom. The van der Waals surface area contributed by atoms with Gasteiger partial charge in [0.1, 0.15) is 0 Å². The molecule has 0 unspecified atom stereocenters. The average molecular weight is 339 g/mol. The van der Waals surface area contributed by atoms with E-state index in [4.69, 9.17) is 0 Å². The standard InChI is InChI=1S/C20H25N3O2/c1-15(2)23(14-16-8-6-5-7-9-16)20(25)19(24)21-17-10-12-18(13-11-17)22(3)4/h5-13,15H,14H2,1-4H3,(H,21,24). The van der Waals surface area contributed by atoms with E-state index in [0.29, 0.717) is 12.2 Å². The average Bonchev–Trinajstić information content (AvgIpc) is 2.60. The lowest BCUT2D eigenvalue weighted by molar-refractivity contribution is -0.144. The van der Waals surface area contributed by atoms with Crippen LogP contribution in [0.15, 0.2) is 54.6 Å². The summed E-state index contributed by atoms with van der Waals surface area (Å²) in [5.74, 6) is -1.15. The molecule has 0 atom stereocenters. The summed E-state index contributed by atoms with van der Waals surface area (Å²) in [6.45, 7) is 4.21. The predicted molar refractivity (Wildman–Crippen MR) is 102 cm³/mol. The minimum atomic E-state index is -0.623. The van der Waals surface area contributed by atoms with E-state index in [1.54, 1.807) is 17.0 Å². The van der Waals surface area contributed by atoms with Crippen molar-refractivity contribution in [2.24, 2.45) is 0 Å². The zero-order valence-corrected chi connectivity index (χ0v) is 15.2. The molecule has 2 aromatic carbocycles. The smallest absolute Gasteiger partial charge is 0.313 e. The van der Waals surface area contributed by atoms with Crippen molar-refractivity contribution in [3.05, 3.63) is 60.2 Å². The van der Waals surface area contributed by atoms with Gasteiger partial charge < -0.3 is 15.1 Å². The summed E-state index contributed by atoms with van der Waals surface area (Å²) in [5, 5.41) is 2.68. The van der Waals surface area contributed by atoms with Crippen LogP contribution in [0.3, 0.4) is 0 Å². The van der Waals surface area contributed by atoms with Gasteiger partial charge in [0.05, 0.1) is 0 Å². The van der Waals surface area contributed by atoms with Crippen molar-refractivity contribution in [2.75, 3.05) is 24.3 Å². The zero-order chi connectivity index (χ0) is 18.4. The third kappa shape index (κ3) is 5.08. The largest absolute Gasteiger partial charge is 0.378 e. The first kappa shape index (κ1) is 18.5. The number of nitrogens with one attached hydrogen (secondary N) is 1. The maximum Gasteiger partial charge on any atom is 0.313 e. The Kier molecular flexibility index (Phi) is 6.17. The molecular weight excluding hydrogens is 314 g/mol. The molecule has 0 spiro atoms. The Labute approximate surface area is 149 Å². The highest BCUT2D eigenvalue weighted by atomic mass is 16.2. The first-order valence-electron chi connectivity index (χ1n) is 8.31. The second kappa shape index (κ2) is 8.33. The molecule has 0 radical (unpaired) electrons. The van der Waals surface area contributed by atoms with Gasteiger partial charge in [-0.15, -0.1) is 0 Å². The van der Waals surface area contributed by atoms with Crippen molar-refractivity contribution in [1.82, 2.24) is 4.90 Å². The fourth-order valence-corrected chi connectivity index (χ4v) is 2.43. The van der Waals surface area contributed by atoms with Crippen LogP contribution in [0.1, 0.15) is 19.4 Å². The quantitative estimate of drug-likeness (QED) is 0.852. The zero-order valence-electron chi connectivity index (χ0n) is 15.2. The molecule has 25 heavy (non-hydrogen) atoms. The fraction of sp³-hybridized carbons (Fsp3) is 0.300. The molecule has 0 aromatic heterocycles. The SMILES string of the molecule is CC(C)N(Cc1ccccc1)C(=O)C(=O)Nc1ccc(N(C)C)cc1. The monoisotopic (exact) mass is 339 g/mol. The lowest BCUT2D eigenvalue weighted by Gasteiger charge is -2.26. The van der Waals surface area contributed by atoms with Gasteiger partial charge in [-0.25, -0.2) is 0 Å². The molecular formula is C20H25N3O2. The summed E-state index contributed by atoms with van der Waals surface area (Å²) in [6.07, 6.45) is 0. The summed E-state index contributed by atoms with van der Waals surface area (Å²) in [5.41, 5.74) is 2.62. The summed E-state index contributed by atoms with van der Waals surface area (Å²) in [6, 6.07) is 16.9. The molecule has 0 aliphatic heterocycles. The van der Waals surface area contributed by atoms with E-state index in [9.17, 15) is 9.59 Å². The van der Waals surface area contributed by atoms with Gasteiger partial charge >= 0.3 is 11.8 Å². The van der Waals surface area contributed by atoms with Gasteiger partial charge in [0.2, 0.25) is 0 Å². The van der Waals surface area contributed by atoms with Gasteiger partial charge in [-0.3, -0.25) is 9.59 Å². The van der Waals surface area contributed by atoms with Crippen molar-refractivity contribution >= 4 is 23.2 Å². The normalized spacial score (nSPS) is 10.4. The van der Waals surface area contributed by atoms with E-state index >= 15 is 0 Å². The molecule has 5 heteroatoms. The Bertz CT molecular complexity index is 709. The number of rotatable bonds is 5. The van der Waals surface area contributed by atoms with E-state index in [0.717, 1.165) is 11.3 Å². The molecule has 0 aliphatic rings. The molecule has 2 rings (SSSR count). The molecule has 0 saturated heterocycles. The summed E-state index contributed by atoms with van der Waals surface area (Å²) in [4.78, 5) is 28.5. The number of amides is 2. The minimum absolute atomic E-state index is 0.0745. The second-order valence-corrected chi connectivity index (χ2v) is 6.41. The van der Waals surface area contributed by atoms with Crippen LogP contribution in [-0.2, 0) is 16.1 Å². The number of carbonyl (C=O) groups is 2. The Morgan fingerprint density at radius 2 is 1.56 bits per heavy atom. The van der Waals surface area contributed by atoms with Crippen LogP contribution >= 0.6 is 0 Å². The maximum absolute atomic E-state index is 12.6. The lowest BCUT2D eigenvalue weighted by atomic mass is 10.2. The maximum atomic E-state index is 12.6. The molecule has 0 bridgehead atoms. The van der Waals surface area contributed by atoms with E-state index in [-0.39, 0.29) is 6.04 Å². The molecule has 5 nitrogen and oxygen atoms in total. The van der Waals surface area contributed by atoms with E-state index in [1.165, 1.54) is 0 Å². The van der Waals surface area contributed by atoms with Gasteiger partial charge in [0, 0.05) is 38.1 Å². The third-order valence-electron chi connectivity index (χ3n) is 3.92. The van der Waals surface area contributed by atoms with Crippen molar-refractivity contribution in [3.63, 3.8) is 0 Å². The van der Waals surface area contributed by atoms with Gasteiger partial charge in [-0.1, -0.05) is 30.3 Å². The lowest BCUT2D eigenvalue weighted by Crippen LogP contribution is -2.43. The van der Waals surface area contributed by atoms with Crippen molar-refractivity contribution in [1.29, 1.82) is 0 Å². The molecule has 2 aromatic rings. The van der Waals surface area contributed by atoms with Crippen LogP contribution in [0.25, 0.3) is 0 Å². The summed E-state index contributed by atoms with van der Waals surface area (Å²) < 4.78 is 0. The van der Waals surface area contributed by atoms with Gasteiger partial charge in [0.15, 0.2) is 0 Å². The molecule has 1 N–H and O–H groups in total. The molecule has 0 aliphatic carbocycles. The number of hydrogen-bond donors (Lipinski definition) is 1. The van der Waals surface area contributed by atoms with E-state index in [2.05, 4.69) is 5.32 Å². The molecule has 0 fully saturated rings. The van der Waals surface area contributed by atoms with Gasteiger partial charge in [-0.05, 0) is 43.7 Å². The second-order valence-electron chi connectivity index (χ2n) is 6.41. The third-order valence-corrected chi connectivity index (χ3v) is 3.92. The molecule has 132 valence electrons. The van der Waals surface area contributed by atoms with E-state index < -0.39 is 11.8 Å². The van der Waals surface area contributed by atoms with E-state index in [1.807, 2.05) is 75.3 Å². The Balaban J connectivity index is 2.06. The van der Waals surface area contributed by atoms with Crippen LogP contribution in [0.5, 0.6) is 0 Å². The highest BCUT2D eigenvalue weighted by Gasteiger charge is 2.24. The highest BCUT2D eigenvalue weighted by Crippen LogP contribution is 2.16. The molecule has 2 amide bonds. The van der Waals surface area contributed by atoms with Crippen LogP contribution in [-0.4, -0.2) is 36.9 Å². The first-order valence-corrected chi connectivity index (χ1v) is 8.31. The van der Waals surface area contributed by atoms with Crippen LogP contribution in [0.4, 0.5) is 11.4 Å². The van der Waals surface area contributed by atoms with Crippen LogP contribution in [0, 0.1) is 0 Å². The van der Waals surface area contributed by atoms with Gasteiger partial charge in [-0.2, -0.15) is 0 Å². The minimum Gasteiger partial charge on any atom is -0.378 e. The fourth-order valence-electron chi connectivity index (χ4n) is 2.43. The number of benzene rings is 2. The molecule has 0 saturated carbocycles. The number of hydrogen-bond acceptors (Lipinski definition) is 3. The van der Waals surface area contributed by atoms with Crippen molar-refractivity contribution in [2.45, 2.75) is 26.4 Å². The Hall–Kier alpha value is -2.82. The van der Waals surface area contributed by atoms with Crippen molar-refractivity contribution in [3.8, 4) is 0 Å². The number of carbonyl (C=O) groups excluding carboxylic acids is 2. The summed E-state index contributed by atoms with van der Waals surface area (Å²) >= 11 is 0. The number of nitrogens with zero attached hydrogens (tertiary/aromatic N) is 2. The summed E-state index contributed by atoms with van der Waals surface area (Å²) in [7, 11) is 3.89. The van der Waals surface area contributed by atoms with Crippen molar-refractivity contribution < 1.29 is 9.59 Å². The Morgan fingerprint density at radius 1 is 0.960 bits per heavy atom. The molecule has 0 heterocycles. The highest BCUT2D eigenvalue weighted by molar-refractivity contribution is 6.39. The predicted octanol–water partition coefficient (Wildman–Crippen LogP) is 3.13. The first-order chi connectivity index (χ1) is 11.9. The van der Waals surface area contributed by atoms with Gasteiger partial charge in [0.25, 0.3) is 0 Å².